The molecule has 0 saturated carbocycles. The van der Waals surface area contributed by atoms with Crippen LogP contribution in [0.15, 0.2) is 48.5 Å². The maximum absolute atomic E-state index is 13.3. The lowest BCUT2D eigenvalue weighted by molar-refractivity contribution is -0.131. The van der Waals surface area contributed by atoms with Gasteiger partial charge in [-0.15, -0.1) is 0 Å². The fraction of sp³-hybridized carbons (Fsp3) is 0.417. The summed E-state index contributed by atoms with van der Waals surface area (Å²) in [4.78, 5) is 26.9. The summed E-state index contributed by atoms with van der Waals surface area (Å²) in [6.45, 7) is 3.46. The van der Waals surface area contributed by atoms with E-state index in [1.54, 1.807) is 0 Å². The molecule has 2 N–H and O–H groups in total. The number of hydrogen-bond acceptors (Lipinski definition) is 3. The Bertz CT molecular complexity index is 976. The summed E-state index contributed by atoms with van der Waals surface area (Å²) in [6, 6.07) is 16.4. The van der Waals surface area contributed by atoms with Gasteiger partial charge in [-0.2, -0.15) is 0 Å². The highest BCUT2D eigenvalue weighted by atomic mass is 16.5. The van der Waals surface area contributed by atoms with Crippen LogP contribution in [0, 0.1) is 5.92 Å². The average molecular weight is 405 g/mol. The first-order valence-corrected chi connectivity index (χ1v) is 10.7. The fourth-order valence-electron chi connectivity index (χ4n) is 5.19. The van der Waals surface area contributed by atoms with Gasteiger partial charge >= 0.3 is 6.03 Å². The third-order valence-corrected chi connectivity index (χ3v) is 6.58. The molecule has 5 rings (SSSR count). The Kier molecular flexibility index (Phi) is 4.95. The van der Waals surface area contributed by atoms with Crippen molar-refractivity contribution in [1.82, 2.24) is 10.6 Å². The monoisotopic (exact) mass is 405 g/mol. The van der Waals surface area contributed by atoms with Crippen LogP contribution in [0.4, 0.5) is 10.5 Å². The zero-order chi connectivity index (χ0) is 20.7. The molecule has 2 aliphatic heterocycles. The standard InChI is InChI=1S/C24H27N3O3/c1-15-10-16-6-2-3-8-20(16)23(15)26-24(29)27-12-17(19-7-4-5-9-21(19)27)11-18-13-30-14-22(28)25-18/h2-9,15,17-18,23H,10-14H2,1H3,(H,25,28)(H,26,29). The normalized spacial score (nSPS) is 27.4. The summed E-state index contributed by atoms with van der Waals surface area (Å²) in [7, 11) is 0. The second-order valence-corrected chi connectivity index (χ2v) is 8.69. The van der Waals surface area contributed by atoms with Crippen molar-refractivity contribution in [3.8, 4) is 0 Å². The van der Waals surface area contributed by atoms with Crippen LogP contribution in [0.3, 0.4) is 0 Å². The summed E-state index contributed by atoms with van der Waals surface area (Å²) < 4.78 is 5.40. The number of para-hydroxylation sites is 1. The molecule has 30 heavy (non-hydrogen) atoms. The minimum Gasteiger partial charge on any atom is -0.370 e. The van der Waals surface area contributed by atoms with E-state index in [1.165, 1.54) is 11.1 Å². The van der Waals surface area contributed by atoms with E-state index in [4.69, 9.17) is 4.74 Å². The van der Waals surface area contributed by atoms with Crippen LogP contribution < -0.4 is 15.5 Å². The van der Waals surface area contributed by atoms with Crippen molar-refractivity contribution in [3.05, 3.63) is 65.2 Å². The summed E-state index contributed by atoms with van der Waals surface area (Å²) >= 11 is 0. The van der Waals surface area contributed by atoms with E-state index in [2.05, 4.69) is 41.8 Å². The molecule has 2 heterocycles. The number of carbonyl (C=O) groups is 2. The van der Waals surface area contributed by atoms with Gasteiger partial charge in [-0.05, 0) is 41.5 Å². The Morgan fingerprint density at radius 2 is 1.93 bits per heavy atom. The van der Waals surface area contributed by atoms with Gasteiger partial charge in [-0.25, -0.2) is 4.79 Å². The number of benzene rings is 2. The number of rotatable bonds is 3. The molecule has 4 unspecified atom stereocenters. The largest absolute Gasteiger partial charge is 0.370 e. The van der Waals surface area contributed by atoms with Crippen LogP contribution in [0.5, 0.6) is 0 Å². The Morgan fingerprint density at radius 1 is 1.17 bits per heavy atom. The first-order valence-electron chi connectivity index (χ1n) is 10.7. The van der Waals surface area contributed by atoms with Crippen molar-refractivity contribution in [2.75, 3.05) is 24.7 Å². The van der Waals surface area contributed by atoms with Crippen LogP contribution in [0.25, 0.3) is 0 Å². The molecular formula is C24H27N3O3. The first-order chi connectivity index (χ1) is 14.6. The third-order valence-electron chi connectivity index (χ3n) is 6.58. The van der Waals surface area contributed by atoms with Crippen molar-refractivity contribution in [3.63, 3.8) is 0 Å². The number of carbonyl (C=O) groups excluding carboxylic acids is 2. The minimum absolute atomic E-state index is 0.0194. The summed E-state index contributed by atoms with van der Waals surface area (Å²) in [5.74, 6) is 0.475. The zero-order valence-electron chi connectivity index (χ0n) is 17.1. The molecular weight excluding hydrogens is 378 g/mol. The molecule has 0 radical (unpaired) electrons. The Hall–Kier alpha value is -2.86. The number of anilines is 1. The lowest BCUT2D eigenvalue weighted by Gasteiger charge is -2.27. The number of hydrogen-bond donors (Lipinski definition) is 2. The molecule has 1 saturated heterocycles. The van der Waals surface area contributed by atoms with Crippen molar-refractivity contribution in [2.24, 2.45) is 5.92 Å². The lowest BCUT2D eigenvalue weighted by Crippen LogP contribution is -2.47. The molecule has 6 heteroatoms. The van der Waals surface area contributed by atoms with Crippen LogP contribution in [-0.2, 0) is 16.0 Å². The van der Waals surface area contributed by atoms with Crippen LogP contribution >= 0.6 is 0 Å². The summed E-state index contributed by atoms with van der Waals surface area (Å²) in [5.41, 5.74) is 4.67. The molecule has 4 atom stereocenters. The zero-order valence-corrected chi connectivity index (χ0v) is 17.1. The number of urea groups is 1. The van der Waals surface area contributed by atoms with Gasteiger partial charge in [0.25, 0.3) is 0 Å². The van der Waals surface area contributed by atoms with E-state index < -0.39 is 0 Å². The molecule has 2 aromatic carbocycles. The van der Waals surface area contributed by atoms with E-state index in [1.807, 2.05) is 29.2 Å². The number of ether oxygens (including phenoxy) is 1. The van der Waals surface area contributed by atoms with E-state index in [0.29, 0.717) is 19.1 Å². The summed E-state index contributed by atoms with van der Waals surface area (Å²) in [5, 5.41) is 6.30. The van der Waals surface area contributed by atoms with Crippen LogP contribution in [0.2, 0.25) is 0 Å². The lowest BCUT2D eigenvalue weighted by atomic mass is 9.94. The number of morpholine rings is 1. The predicted molar refractivity (Wildman–Crippen MR) is 114 cm³/mol. The summed E-state index contributed by atoms with van der Waals surface area (Å²) in [6.07, 6.45) is 1.75. The third kappa shape index (κ3) is 3.45. The highest BCUT2D eigenvalue weighted by Crippen LogP contribution is 2.40. The molecule has 1 aliphatic carbocycles. The van der Waals surface area contributed by atoms with E-state index in [0.717, 1.165) is 24.1 Å². The van der Waals surface area contributed by atoms with Gasteiger partial charge < -0.3 is 15.4 Å². The Morgan fingerprint density at radius 3 is 2.77 bits per heavy atom. The molecule has 2 aromatic rings. The highest BCUT2D eigenvalue weighted by molar-refractivity contribution is 5.95. The maximum Gasteiger partial charge on any atom is 0.322 e. The van der Waals surface area contributed by atoms with Crippen molar-refractivity contribution < 1.29 is 14.3 Å². The smallest absolute Gasteiger partial charge is 0.322 e. The molecule has 6 nitrogen and oxygen atoms in total. The Labute approximate surface area is 176 Å². The predicted octanol–water partition coefficient (Wildman–Crippen LogP) is 3.14. The molecule has 0 spiro atoms. The van der Waals surface area contributed by atoms with E-state index in [9.17, 15) is 9.59 Å². The highest BCUT2D eigenvalue weighted by Gasteiger charge is 2.37. The van der Waals surface area contributed by atoms with Gasteiger partial charge in [0.05, 0.1) is 18.7 Å². The second-order valence-electron chi connectivity index (χ2n) is 8.69. The van der Waals surface area contributed by atoms with Crippen LogP contribution in [-0.4, -0.2) is 37.7 Å². The molecule has 156 valence electrons. The topological polar surface area (TPSA) is 70.7 Å². The Balaban J connectivity index is 1.33. The van der Waals surface area contributed by atoms with E-state index >= 15 is 0 Å². The number of fused-ring (bicyclic) bond motifs is 2. The fourth-order valence-corrected chi connectivity index (χ4v) is 5.19. The van der Waals surface area contributed by atoms with Gasteiger partial charge in [0.2, 0.25) is 5.91 Å². The van der Waals surface area contributed by atoms with Crippen molar-refractivity contribution in [2.45, 2.75) is 37.8 Å². The minimum atomic E-state index is -0.0685. The van der Waals surface area contributed by atoms with Crippen LogP contribution in [0.1, 0.15) is 42.0 Å². The molecule has 1 fully saturated rings. The SMILES string of the molecule is CC1Cc2ccccc2C1NC(=O)N1CC(CC2COCC(=O)N2)c2ccccc21. The second kappa shape index (κ2) is 7.76. The molecule has 3 aliphatic rings. The van der Waals surface area contributed by atoms with E-state index in [-0.39, 0.29) is 36.5 Å². The quantitative estimate of drug-likeness (QED) is 0.824. The number of amides is 3. The first kappa shape index (κ1) is 19.1. The van der Waals surface area contributed by atoms with Gasteiger partial charge in [-0.1, -0.05) is 49.4 Å². The maximum atomic E-state index is 13.3. The van der Waals surface area contributed by atoms with Gasteiger partial charge in [0, 0.05) is 18.2 Å². The number of nitrogens with one attached hydrogen (secondary N) is 2. The molecule has 0 bridgehead atoms. The van der Waals surface area contributed by atoms with Gasteiger partial charge in [0.1, 0.15) is 6.61 Å². The van der Waals surface area contributed by atoms with Gasteiger partial charge in [-0.3, -0.25) is 9.69 Å². The number of nitrogens with zero attached hydrogens (tertiary/aromatic N) is 1. The molecule has 0 aromatic heterocycles. The van der Waals surface area contributed by atoms with Gasteiger partial charge in [0.15, 0.2) is 0 Å². The van der Waals surface area contributed by atoms with Crippen molar-refractivity contribution in [1.29, 1.82) is 0 Å². The van der Waals surface area contributed by atoms with Crippen molar-refractivity contribution >= 4 is 17.6 Å². The average Bonchev–Trinajstić information content (AvgIpc) is 3.26. The molecule has 3 amide bonds.